The quantitative estimate of drug-likeness (QED) is 0.693. The van der Waals surface area contributed by atoms with Crippen molar-refractivity contribution < 1.29 is 23.0 Å². The Hall–Kier alpha value is 0.0534. The molecule has 0 aliphatic heterocycles. The number of pyridine rings is 1. The van der Waals surface area contributed by atoms with Gasteiger partial charge in [0, 0.05) is 0 Å². The van der Waals surface area contributed by atoms with Gasteiger partial charge < -0.3 is 0 Å². The van der Waals surface area contributed by atoms with Gasteiger partial charge >= 0.3 is 63.5 Å². The molecule has 0 radical (unpaired) electrons. The Morgan fingerprint density at radius 2 is 2.20 bits per heavy atom. The van der Waals surface area contributed by atoms with Crippen molar-refractivity contribution in [2.45, 2.75) is 0 Å². The van der Waals surface area contributed by atoms with Gasteiger partial charge in [-0.25, -0.2) is 0 Å². The molecule has 2 nitrogen and oxygen atoms in total. The van der Waals surface area contributed by atoms with Crippen LogP contribution in [0.3, 0.4) is 0 Å². The van der Waals surface area contributed by atoms with E-state index < -0.39 is 0 Å². The van der Waals surface area contributed by atoms with Crippen molar-refractivity contribution >= 4 is 21.3 Å². The summed E-state index contributed by atoms with van der Waals surface area (Å²) in [5.74, 6) is 0.826. The van der Waals surface area contributed by atoms with Crippen molar-refractivity contribution in [1.82, 2.24) is 4.98 Å². The van der Waals surface area contributed by atoms with Gasteiger partial charge in [0.2, 0.25) is 0 Å². The standard InChI is InChI=1S/C6H6NO.BrH.Zn/c1-8-6-3-2-4-7-5-6;;/h2-3,5H,1H3;1H;. The van der Waals surface area contributed by atoms with E-state index in [0.29, 0.717) is 0 Å². The van der Waals surface area contributed by atoms with Gasteiger partial charge in [0.05, 0.1) is 0 Å². The molecule has 0 aliphatic carbocycles. The Labute approximate surface area is 80.4 Å². The molecule has 10 heavy (non-hydrogen) atoms. The second kappa shape index (κ2) is 4.81. The van der Waals surface area contributed by atoms with Gasteiger partial charge in [-0.1, -0.05) is 0 Å². The van der Waals surface area contributed by atoms with Crippen molar-refractivity contribution in [2.75, 3.05) is 7.11 Å². The average molecular weight is 254 g/mol. The topological polar surface area (TPSA) is 22.1 Å². The summed E-state index contributed by atoms with van der Waals surface area (Å²) in [5.41, 5.74) is 0. The zero-order chi connectivity index (χ0) is 6.69. The molecule has 0 fully saturated rings. The summed E-state index contributed by atoms with van der Waals surface area (Å²) in [6.45, 7) is 0. The molecule has 0 aliphatic rings. The predicted molar refractivity (Wildman–Crippen MR) is 40.7 cm³/mol. The van der Waals surface area contributed by atoms with E-state index in [2.05, 4.69) is 4.98 Å². The molecule has 51 valence electrons. The first-order chi connectivity index (χ1) is 4.33. The fraction of sp³-hybridized carbons (Fsp3) is 0.167. The second-order valence-corrected chi connectivity index (χ2v) is 3.21. The summed E-state index contributed by atoms with van der Waals surface area (Å²) < 4.78 is 6.06. The van der Waals surface area contributed by atoms with Crippen molar-refractivity contribution in [2.24, 2.45) is 0 Å². The van der Waals surface area contributed by atoms with Crippen LogP contribution in [0.15, 0.2) is 18.3 Å². The van der Waals surface area contributed by atoms with E-state index in [9.17, 15) is 0 Å². The molecule has 0 unspecified atom stereocenters. The van der Waals surface area contributed by atoms with Crippen LogP contribution in [0.4, 0.5) is 0 Å². The molecule has 4 heteroatoms. The van der Waals surface area contributed by atoms with Crippen LogP contribution in [0.5, 0.6) is 5.75 Å². The Morgan fingerprint density at radius 3 is 2.60 bits per heavy atom. The zero-order valence-electron chi connectivity index (χ0n) is 5.70. The minimum atomic E-state index is 0. The number of rotatable bonds is 1. The molecule has 1 aromatic heterocycles. The van der Waals surface area contributed by atoms with E-state index in [0.717, 1.165) is 28.3 Å². The molecule has 1 rings (SSSR count). The molecule has 0 saturated carbocycles. The second-order valence-electron chi connectivity index (χ2n) is 1.69. The van der Waals surface area contributed by atoms with Crippen molar-refractivity contribution in [1.29, 1.82) is 0 Å². The maximum atomic E-state index is 4.92. The Balaban J connectivity index is 0.000000810. The van der Waals surface area contributed by atoms with Crippen LogP contribution in [0, 0.1) is 0 Å². The fourth-order valence-electron chi connectivity index (χ4n) is 0.532. The third-order valence-corrected chi connectivity index (χ3v) is 1.91. The molecule has 1 aromatic rings. The summed E-state index contributed by atoms with van der Waals surface area (Å²) in [6, 6.07) is 3.89. The maximum absolute atomic E-state index is 4.92. The number of hydrogen-bond acceptors (Lipinski definition) is 2. The van der Waals surface area contributed by atoms with Crippen LogP contribution in [0.25, 0.3) is 0 Å². The number of halogens is 1. The summed E-state index contributed by atoms with van der Waals surface area (Å²) >= 11 is 1.10. The molecule has 0 spiro atoms. The Bertz CT molecular complexity index is 189. The summed E-state index contributed by atoms with van der Waals surface area (Å²) in [5, 5.41) is 0. The first-order valence-electron chi connectivity index (χ1n) is 2.65. The van der Waals surface area contributed by atoms with Crippen LogP contribution in [0.1, 0.15) is 0 Å². The number of aromatic nitrogens is 1. The summed E-state index contributed by atoms with van der Waals surface area (Å²) in [7, 11) is 1.64. The monoisotopic (exact) mass is 252 g/mol. The van der Waals surface area contributed by atoms with Crippen molar-refractivity contribution in [3.63, 3.8) is 0 Å². The molecule has 0 atom stereocenters. The minimum absolute atomic E-state index is 0. The van der Waals surface area contributed by atoms with E-state index in [4.69, 9.17) is 4.74 Å². The van der Waals surface area contributed by atoms with Crippen LogP contribution >= 0.6 is 17.0 Å². The Kier molecular flexibility index (Phi) is 4.83. The van der Waals surface area contributed by atoms with E-state index in [1.54, 1.807) is 13.3 Å². The first-order valence-corrected chi connectivity index (χ1v) is 4.13. The number of nitrogens with zero attached hydrogens (tertiary/aromatic N) is 1. The van der Waals surface area contributed by atoms with Crippen molar-refractivity contribution in [3.8, 4) is 5.75 Å². The number of methoxy groups -OCH3 is 1. The zero-order valence-corrected chi connectivity index (χ0v) is 10.4. The van der Waals surface area contributed by atoms with Crippen LogP contribution in [-0.4, -0.2) is 12.1 Å². The van der Waals surface area contributed by atoms with Gasteiger partial charge in [-0.3, -0.25) is 0 Å². The van der Waals surface area contributed by atoms with Gasteiger partial charge in [0.25, 0.3) is 0 Å². The third kappa shape index (κ3) is 2.76. The van der Waals surface area contributed by atoms with Crippen LogP contribution < -0.4 is 9.03 Å². The predicted octanol–water partition coefficient (Wildman–Crippen LogP) is 0.840. The molecule has 0 aromatic carbocycles. The molecule has 0 saturated heterocycles. The van der Waals surface area contributed by atoms with Crippen LogP contribution in [-0.2, 0) is 18.3 Å². The molecule has 0 bridgehead atoms. The first kappa shape index (κ1) is 10.1. The van der Waals surface area contributed by atoms with E-state index >= 15 is 0 Å². The molecular weight excluding hydrogens is 247 g/mol. The van der Waals surface area contributed by atoms with Gasteiger partial charge in [-0.15, -0.1) is 17.0 Å². The van der Waals surface area contributed by atoms with E-state index in [1.165, 1.54) is 0 Å². The van der Waals surface area contributed by atoms with Gasteiger partial charge in [0.15, 0.2) is 0 Å². The van der Waals surface area contributed by atoms with Gasteiger partial charge in [-0.05, 0) is 0 Å². The van der Waals surface area contributed by atoms with Crippen LogP contribution in [0.2, 0.25) is 0 Å². The fourth-order valence-corrected chi connectivity index (χ4v) is 0.970. The van der Waals surface area contributed by atoms with Crippen molar-refractivity contribution in [3.05, 3.63) is 18.3 Å². The van der Waals surface area contributed by atoms with Gasteiger partial charge in [0.1, 0.15) is 0 Å². The summed E-state index contributed by atoms with van der Waals surface area (Å²) in [4.78, 5) is 4.08. The van der Waals surface area contributed by atoms with E-state index in [1.807, 2.05) is 12.1 Å². The molecule has 0 N–H and O–H groups in total. The average Bonchev–Trinajstić information content (AvgIpc) is 1.90. The number of hydrogen-bond donors (Lipinski definition) is 0. The number of ether oxygens (including phenoxy) is 1. The molecular formula is C6H7BrNOZn. The normalized spacial score (nSPS) is 8.30. The third-order valence-electron chi connectivity index (χ3n) is 1.03. The SMILES string of the molecule is Br.COc1cc[c]([Zn])nc1. The Morgan fingerprint density at radius 1 is 1.50 bits per heavy atom. The molecule has 1 heterocycles. The summed E-state index contributed by atoms with van der Waals surface area (Å²) in [6.07, 6.45) is 1.73. The van der Waals surface area contributed by atoms with E-state index in [-0.39, 0.29) is 17.0 Å². The molecule has 0 amide bonds. The van der Waals surface area contributed by atoms with Gasteiger partial charge in [-0.2, -0.15) is 0 Å².